The third kappa shape index (κ3) is 3.20. The number of thiazole rings is 1. The van der Waals surface area contributed by atoms with Crippen LogP contribution in [0.15, 0.2) is 29.8 Å². The summed E-state index contributed by atoms with van der Waals surface area (Å²) in [6.07, 6.45) is 1.01. The topological polar surface area (TPSA) is 33.2 Å². The molecule has 1 aromatic heterocycles. The third-order valence-corrected chi connectivity index (χ3v) is 6.33. The fourth-order valence-electron chi connectivity index (χ4n) is 2.82. The lowest BCUT2D eigenvalue weighted by atomic mass is 10.0. The number of carbonyl (C=O) groups is 1. The van der Waals surface area contributed by atoms with Crippen molar-refractivity contribution in [3.63, 3.8) is 0 Å². The van der Waals surface area contributed by atoms with E-state index >= 15 is 0 Å². The summed E-state index contributed by atoms with van der Waals surface area (Å²) in [6.45, 7) is 5.72. The van der Waals surface area contributed by atoms with Crippen LogP contribution in [0.2, 0.25) is 0 Å². The summed E-state index contributed by atoms with van der Waals surface area (Å²) in [5, 5.41) is 0.488. The van der Waals surface area contributed by atoms with Crippen molar-refractivity contribution in [1.82, 2.24) is 9.88 Å². The molecule has 1 aliphatic heterocycles. The molecule has 2 aromatic rings. The van der Waals surface area contributed by atoms with Gasteiger partial charge in [0.2, 0.25) is 0 Å². The van der Waals surface area contributed by atoms with Crippen molar-refractivity contribution in [3.8, 4) is 0 Å². The second-order valence-electron chi connectivity index (χ2n) is 5.56. The molecule has 5 heteroatoms. The molecule has 3 nitrogen and oxygen atoms in total. The van der Waals surface area contributed by atoms with Crippen LogP contribution in [0.5, 0.6) is 0 Å². The van der Waals surface area contributed by atoms with E-state index in [4.69, 9.17) is 0 Å². The van der Waals surface area contributed by atoms with E-state index in [1.807, 2.05) is 23.6 Å². The first-order chi connectivity index (χ1) is 10.7. The Morgan fingerprint density at radius 3 is 2.82 bits per heavy atom. The predicted molar refractivity (Wildman–Crippen MR) is 93.7 cm³/mol. The number of nitrogens with zero attached hydrogens (tertiary/aromatic N) is 2. The molecule has 1 atom stereocenters. The first-order valence-corrected chi connectivity index (χ1v) is 9.46. The van der Waals surface area contributed by atoms with Gasteiger partial charge < -0.3 is 4.90 Å². The number of benzene rings is 1. The van der Waals surface area contributed by atoms with Gasteiger partial charge in [-0.2, -0.15) is 11.8 Å². The number of thioether (sulfide) groups is 1. The normalized spacial score (nSPS) is 19.0. The van der Waals surface area contributed by atoms with Crippen molar-refractivity contribution in [2.45, 2.75) is 25.5 Å². The molecule has 22 heavy (non-hydrogen) atoms. The first-order valence-electron chi connectivity index (χ1n) is 7.53. The van der Waals surface area contributed by atoms with Crippen LogP contribution in [0.1, 0.15) is 38.2 Å². The Kier molecular flexibility index (Phi) is 4.84. The maximum absolute atomic E-state index is 12.6. The molecule has 2 heterocycles. The van der Waals surface area contributed by atoms with E-state index in [0.29, 0.717) is 5.25 Å². The smallest absolute Gasteiger partial charge is 0.265 e. The Bertz CT molecular complexity index is 668. The standard InChI is InChI=1S/C17H20N2OS2/c1-12-5-3-4-6-14(12)15-7-8-19(9-10-21-15)17(20)16-13(2)18-11-22-16/h3-6,11,15H,7-10H2,1-2H3. The van der Waals surface area contributed by atoms with Crippen molar-refractivity contribution < 1.29 is 4.79 Å². The zero-order valence-electron chi connectivity index (χ0n) is 12.9. The molecule has 3 rings (SSSR count). The molecule has 0 saturated carbocycles. The average Bonchev–Trinajstić information content (AvgIpc) is 2.80. The number of aryl methyl sites for hydroxylation is 2. The van der Waals surface area contributed by atoms with Crippen molar-refractivity contribution in [1.29, 1.82) is 0 Å². The summed E-state index contributed by atoms with van der Waals surface area (Å²) < 4.78 is 0. The van der Waals surface area contributed by atoms with Crippen LogP contribution >= 0.6 is 23.1 Å². The van der Waals surface area contributed by atoms with Crippen LogP contribution in [0.4, 0.5) is 0 Å². The minimum absolute atomic E-state index is 0.144. The molecule has 1 aromatic carbocycles. The number of hydrogen-bond donors (Lipinski definition) is 0. The highest BCUT2D eigenvalue weighted by Gasteiger charge is 2.25. The van der Waals surface area contributed by atoms with Crippen molar-refractivity contribution >= 4 is 29.0 Å². The van der Waals surface area contributed by atoms with Gasteiger partial charge in [0.1, 0.15) is 4.88 Å². The largest absolute Gasteiger partial charge is 0.337 e. The highest BCUT2D eigenvalue weighted by molar-refractivity contribution is 7.99. The highest BCUT2D eigenvalue weighted by Crippen LogP contribution is 2.36. The molecule has 0 aliphatic carbocycles. The summed E-state index contributed by atoms with van der Waals surface area (Å²) in [5.41, 5.74) is 5.36. The Morgan fingerprint density at radius 1 is 1.27 bits per heavy atom. The van der Waals surface area contributed by atoms with Gasteiger partial charge in [-0.05, 0) is 31.4 Å². The minimum Gasteiger partial charge on any atom is -0.337 e. The van der Waals surface area contributed by atoms with Crippen molar-refractivity contribution in [2.24, 2.45) is 0 Å². The SMILES string of the molecule is Cc1ccccc1C1CCN(C(=O)c2scnc2C)CCS1. The van der Waals surface area contributed by atoms with E-state index in [1.54, 1.807) is 5.51 Å². The monoisotopic (exact) mass is 332 g/mol. The Balaban J connectivity index is 1.72. The molecule has 0 bridgehead atoms. The van der Waals surface area contributed by atoms with E-state index in [2.05, 4.69) is 36.2 Å². The average molecular weight is 332 g/mol. The summed E-state index contributed by atoms with van der Waals surface area (Å²) in [4.78, 5) is 19.6. The molecule has 1 saturated heterocycles. The van der Waals surface area contributed by atoms with Gasteiger partial charge in [-0.15, -0.1) is 11.3 Å². The predicted octanol–water partition coefficient (Wildman–Crippen LogP) is 4.08. The van der Waals surface area contributed by atoms with Crippen LogP contribution in [-0.2, 0) is 0 Å². The number of carbonyl (C=O) groups excluding carboxylic acids is 1. The molecule has 1 fully saturated rings. The molecular weight excluding hydrogens is 312 g/mol. The molecule has 0 N–H and O–H groups in total. The zero-order valence-corrected chi connectivity index (χ0v) is 14.5. The van der Waals surface area contributed by atoms with Crippen LogP contribution < -0.4 is 0 Å². The van der Waals surface area contributed by atoms with Crippen molar-refractivity contribution in [2.75, 3.05) is 18.8 Å². The van der Waals surface area contributed by atoms with Gasteiger partial charge in [0.15, 0.2) is 0 Å². The summed E-state index contributed by atoms with van der Waals surface area (Å²) >= 11 is 3.42. The Labute approximate surface area is 139 Å². The zero-order chi connectivity index (χ0) is 15.5. The van der Waals surface area contributed by atoms with Crippen molar-refractivity contribution in [3.05, 3.63) is 51.5 Å². The van der Waals surface area contributed by atoms with Gasteiger partial charge in [-0.3, -0.25) is 4.79 Å². The molecule has 1 unspecified atom stereocenters. The van der Waals surface area contributed by atoms with Crippen LogP contribution in [0.25, 0.3) is 0 Å². The lowest BCUT2D eigenvalue weighted by Crippen LogP contribution is -2.32. The summed E-state index contributed by atoms with van der Waals surface area (Å²) in [7, 11) is 0. The fraction of sp³-hybridized carbons (Fsp3) is 0.412. The summed E-state index contributed by atoms with van der Waals surface area (Å²) in [5.74, 6) is 1.13. The number of rotatable bonds is 2. The number of aromatic nitrogens is 1. The Hall–Kier alpha value is -1.33. The van der Waals surface area contributed by atoms with Crippen LogP contribution in [-0.4, -0.2) is 34.6 Å². The summed E-state index contributed by atoms with van der Waals surface area (Å²) in [6, 6.07) is 8.59. The van der Waals surface area contributed by atoms with Gasteiger partial charge in [0.25, 0.3) is 5.91 Å². The van der Waals surface area contributed by atoms with E-state index in [1.165, 1.54) is 22.5 Å². The van der Waals surface area contributed by atoms with E-state index in [-0.39, 0.29) is 5.91 Å². The van der Waals surface area contributed by atoms with Crippen LogP contribution in [0, 0.1) is 13.8 Å². The maximum Gasteiger partial charge on any atom is 0.265 e. The molecule has 1 amide bonds. The Morgan fingerprint density at radius 2 is 2.09 bits per heavy atom. The number of amides is 1. The number of hydrogen-bond acceptors (Lipinski definition) is 4. The lowest BCUT2D eigenvalue weighted by Gasteiger charge is -2.20. The van der Waals surface area contributed by atoms with Gasteiger partial charge in [0, 0.05) is 24.1 Å². The molecule has 116 valence electrons. The van der Waals surface area contributed by atoms with Gasteiger partial charge in [-0.25, -0.2) is 4.98 Å². The van der Waals surface area contributed by atoms with Gasteiger partial charge >= 0.3 is 0 Å². The highest BCUT2D eigenvalue weighted by atomic mass is 32.2. The molecular formula is C17H20N2OS2. The van der Waals surface area contributed by atoms with Gasteiger partial charge in [-0.1, -0.05) is 24.3 Å². The fourth-order valence-corrected chi connectivity index (χ4v) is 4.92. The molecule has 0 spiro atoms. The lowest BCUT2D eigenvalue weighted by molar-refractivity contribution is 0.0770. The third-order valence-electron chi connectivity index (χ3n) is 4.10. The van der Waals surface area contributed by atoms with E-state index < -0.39 is 0 Å². The minimum atomic E-state index is 0.144. The molecule has 0 radical (unpaired) electrons. The quantitative estimate of drug-likeness (QED) is 0.831. The second kappa shape index (κ2) is 6.84. The van der Waals surface area contributed by atoms with E-state index in [0.717, 1.165) is 35.8 Å². The molecule has 1 aliphatic rings. The maximum atomic E-state index is 12.6. The van der Waals surface area contributed by atoms with Gasteiger partial charge in [0.05, 0.1) is 11.2 Å². The first kappa shape index (κ1) is 15.6. The van der Waals surface area contributed by atoms with Crippen LogP contribution in [0.3, 0.4) is 0 Å². The second-order valence-corrected chi connectivity index (χ2v) is 7.73. The van der Waals surface area contributed by atoms with E-state index in [9.17, 15) is 4.79 Å².